The lowest BCUT2D eigenvalue weighted by atomic mass is 10.0. The summed E-state index contributed by atoms with van der Waals surface area (Å²) in [5.74, 6) is 5.59. The minimum absolute atomic E-state index is 0.286. The highest BCUT2D eigenvalue weighted by molar-refractivity contribution is 5.05. The van der Waals surface area contributed by atoms with E-state index in [0.29, 0.717) is 6.10 Å². The number of pyridine rings is 1. The van der Waals surface area contributed by atoms with E-state index < -0.39 is 0 Å². The van der Waals surface area contributed by atoms with Crippen molar-refractivity contribution in [2.45, 2.75) is 44.2 Å². The third kappa shape index (κ3) is 4.07. The van der Waals surface area contributed by atoms with E-state index in [4.69, 9.17) is 10.6 Å². The van der Waals surface area contributed by atoms with Gasteiger partial charge < -0.3 is 4.74 Å². The van der Waals surface area contributed by atoms with Crippen LogP contribution in [0.2, 0.25) is 0 Å². The van der Waals surface area contributed by atoms with Crippen LogP contribution in [0, 0.1) is 0 Å². The van der Waals surface area contributed by atoms with E-state index >= 15 is 0 Å². The van der Waals surface area contributed by atoms with Gasteiger partial charge in [0.15, 0.2) is 0 Å². The Morgan fingerprint density at radius 3 is 3.12 bits per heavy atom. The molecule has 4 heteroatoms. The first kappa shape index (κ1) is 12.5. The summed E-state index contributed by atoms with van der Waals surface area (Å²) in [6.45, 7) is 0.922. The van der Waals surface area contributed by atoms with E-state index in [2.05, 4.69) is 10.4 Å². The lowest BCUT2D eigenvalue weighted by Crippen LogP contribution is -2.37. The van der Waals surface area contributed by atoms with Gasteiger partial charge in [0, 0.05) is 31.0 Å². The SMILES string of the molecule is NNC(CCC1CCCO1)Cc1ccccn1. The summed E-state index contributed by atoms with van der Waals surface area (Å²) in [7, 11) is 0. The van der Waals surface area contributed by atoms with Crippen molar-refractivity contribution in [3.05, 3.63) is 30.1 Å². The molecule has 4 nitrogen and oxygen atoms in total. The van der Waals surface area contributed by atoms with Crippen LogP contribution in [0.5, 0.6) is 0 Å². The first-order valence-electron chi connectivity index (χ1n) is 6.36. The third-order valence-corrected chi connectivity index (χ3v) is 3.28. The lowest BCUT2D eigenvalue weighted by Gasteiger charge is -2.17. The van der Waals surface area contributed by atoms with Crippen LogP contribution in [0.3, 0.4) is 0 Å². The second kappa shape index (κ2) is 6.69. The van der Waals surface area contributed by atoms with Crippen LogP contribution in [0.15, 0.2) is 24.4 Å². The van der Waals surface area contributed by atoms with Crippen molar-refractivity contribution in [3.63, 3.8) is 0 Å². The standard InChI is InChI=1S/C13H21N3O/c14-16-12(6-7-13-5-3-9-17-13)10-11-4-1-2-8-15-11/h1-2,4,8,12-13,16H,3,5-7,9-10,14H2. The van der Waals surface area contributed by atoms with Crippen molar-refractivity contribution in [2.24, 2.45) is 5.84 Å². The Bertz CT molecular complexity index is 312. The monoisotopic (exact) mass is 235 g/mol. The molecule has 2 unspecified atom stereocenters. The molecule has 0 amide bonds. The van der Waals surface area contributed by atoms with Crippen molar-refractivity contribution in [1.82, 2.24) is 10.4 Å². The number of hydrazine groups is 1. The van der Waals surface area contributed by atoms with Crippen LogP contribution < -0.4 is 11.3 Å². The number of rotatable bonds is 6. The molecule has 1 aliphatic rings. The number of hydrogen-bond acceptors (Lipinski definition) is 4. The molecule has 0 aromatic carbocycles. The fraction of sp³-hybridized carbons (Fsp3) is 0.615. The van der Waals surface area contributed by atoms with Gasteiger partial charge in [-0.1, -0.05) is 6.07 Å². The van der Waals surface area contributed by atoms with Crippen molar-refractivity contribution >= 4 is 0 Å². The smallest absolute Gasteiger partial charge is 0.0576 e. The molecule has 17 heavy (non-hydrogen) atoms. The van der Waals surface area contributed by atoms with E-state index in [-0.39, 0.29) is 6.04 Å². The van der Waals surface area contributed by atoms with E-state index in [0.717, 1.165) is 31.6 Å². The van der Waals surface area contributed by atoms with E-state index in [9.17, 15) is 0 Å². The Morgan fingerprint density at radius 2 is 2.47 bits per heavy atom. The van der Waals surface area contributed by atoms with Crippen LogP contribution in [-0.4, -0.2) is 23.7 Å². The highest BCUT2D eigenvalue weighted by atomic mass is 16.5. The maximum atomic E-state index is 5.61. The van der Waals surface area contributed by atoms with Gasteiger partial charge in [-0.2, -0.15) is 0 Å². The van der Waals surface area contributed by atoms with Gasteiger partial charge in [0.2, 0.25) is 0 Å². The molecule has 2 heterocycles. The summed E-state index contributed by atoms with van der Waals surface area (Å²) in [6, 6.07) is 6.27. The fourth-order valence-electron chi connectivity index (χ4n) is 2.27. The summed E-state index contributed by atoms with van der Waals surface area (Å²) in [5.41, 5.74) is 3.96. The average Bonchev–Trinajstić information content (AvgIpc) is 2.89. The Kier molecular flexibility index (Phi) is 4.91. The highest BCUT2D eigenvalue weighted by Crippen LogP contribution is 2.18. The Labute approximate surface area is 103 Å². The van der Waals surface area contributed by atoms with Crippen molar-refractivity contribution in [2.75, 3.05) is 6.61 Å². The van der Waals surface area contributed by atoms with Gasteiger partial charge in [-0.15, -0.1) is 0 Å². The van der Waals surface area contributed by atoms with Crippen LogP contribution in [0.25, 0.3) is 0 Å². The molecule has 2 atom stereocenters. The summed E-state index contributed by atoms with van der Waals surface area (Å²) < 4.78 is 5.61. The van der Waals surface area contributed by atoms with Gasteiger partial charge >= 0.3 is 0 Å². The topological polar surface area (TPSA) is 60.2 Å². The van der Waals surface area contributed by atoms with Crippen molar-refractivity contribution < 1.29 is 4.74 Å². The first-order chi connectivity index (χ1) is 8.38. The van der Waals surface area contributed by atoms with Crippen LogP contribution >= 0.6 is 0 Å². The third-order valence-electron chi connectivity index (χ3n) is 3.28. The maximum absolute atomic E-state index is 5.61. The number of aromatic nitrogens is 1. The quantitative estimate of drug-likeness (QED) is 0.578. The largest absolute Gasteiger partial charge is 0.378 e. The molecule has 1 fully saturated rings. The predicted octanol–water partition coefficient (Wildman–Crippen LogP) is 1.42. The van der Waals surface area contributed by atoms with Crippen LogP contribution in [0.4, 0.5) is 0 Å². The minimum Gasteiger partial charge on any atom is -0.378 e. The van der Waals surface area contributed by atoms with Crippen molar-refractivity contribution in [1.29, 1.82) is 0 Å². The predicted molar refractivity (Wildman–Crippen MR) is 67.3 cm³/mol. The number of nitrogens with one attached hydrogen (secondary N) is 1. The molecular formula is C13H21N3O. The van der Waals surface area contributed by atoms with Gasteiger partial charge in [0.1, 0.15) is 0 Å². The molecule has 1 aromatic heterocycles. The van der Waals surface area contributed by atoms with Gasteiger partial charge in [-0.3, -0.25) is 16.3 Å². The highest BCUT2D eigenvalue weighted by Gasteiger charge is 2.17. The van der Waals surface area contributed by atoms with E-state index in [1.807, 2.05) is 24.4 Å². The second-order valence-corrected chi connectivity index (χ2v) is 4.60. The summed E-state index contributed by atoms with van der Waals surface area (Å²) in [4.78, 5) is 4.32. The minimum atomic E-state index is 0.286. The molecule has 1 aliphatic heterocycles. The normalized spacial score (nSPS) is 21.6. The summed E-state index contributed by atoms with van der Waals surface area (Å²) >= 11 is 0. The lowest BCUT2D eigenvalue weighted by molar-refractivity contribution is 0.0995. The van der Waals surface area contributed by atoms with Crippen LogP contribution in [0.1, 0.15) is 31.4 Å². The summed E-state index contributed by atoms with van der Waals surface area (Å²) in [6.07, 6.45) is 7.66. The number of nitrogens with two attached hydrogens (primary N) is 1. The molecule has 2 rings (SSSR count). The average molecular weight is 235 g/mol. The molecule has 0 spiro atoms. The second-order valence-electron chi connectivity index (χ2n) is 4.60. The van der Waals surface area contributed by atoms with Gasteiger partial charge in [0.05, 0.1) is 6.10 Å². The molecule has 0 saturated carbocycles. The van der Waals surface area contributed by atoms with Crippen LogP contribution in [-0.2, 0) is 11.2 Å². The Hall–Kier alpha value is -0.970. The zero-order chi connectivity index (χ0) is 11.9. The van der Waals surface area contributed by atoms with Crippen molar-refractivity contribution in [3.8, 4) is 0 Å². The van der Waals surface area contributed by atoms with Gasteiger partial charge in [-0.05, 0) is 37.8 Å². The molecular weight excluding hydrogens is 214 g/mol. The Morgan fingerprint density at radius 1 is 1.53 bits per heavy atom. The first-order valence-corrected chi connectivity index (χ1v) is 6.36. The zero-order valence-electron chi connectivity index (χ0n) is 10.1. The van der Waals surface area contributed by atoms with E-state index in [1.54, 1.807) is 0 Å². The Balaban J connectivity index is 1.76. The fourth-order valence-corrected chi connectivity index (χ4v) is 2.27. The van der Waals surface area contributed by atoms with Gasteiger partial charge in [-0.25, -0.2) is 0 Å². The molecule has 0 bridgehead atoms. The molecule has 94 valence electrons. The molecule has 0 radical (unpaired) electrons. The molecule has 0 aliphatic carbocycles. The number of hydrogen-bond donors (Lipinski definition) is 2. The number of nitrogens with zero attached hydrogens (tertiary/aromatic N) is 1. The number of ether oxygens (including phenoxy) is 1. The maximum Gasteiger partial charge on any atom is 0.0576 e. The molecule has 1 aromatic rings. The molecule has 1 saturated heterocycles. The van der Waals surface area contributed by atoms with Gasteiger partial charge in [0.25, 0.3) is 0 Å². The van der Waals surface area contributed by atoms with E-state index in [1.165, 1.54) is 12.8 Å². The summed E-state index contributed by atoms with van der Waals surface area (Å²) in [5, 5.41) is 0. The zero-order valence-corrected chi connectivity index (χ0v) is 10.1. The molecule has 3 N–H and O–H groups in total.